The van der Waals surface area contributed by atoms with Crippen molar-refractivity contribution in [3.63, 3.8) is 0 Å². The molecule has 0 aliphatic carbocycles. The summed E-state index contributed by atoms with van der Waals surface area (Å²) in [6.07, 6.45) is 0.691. The van der Waals surface area contributed by atoms with Gasteiger partial charge in [0.15, 0.2) is 0 Å². The number of carbonyl (C=O) groups excluding carboxylic acids is 2. The second kappa shape index (κ2) is 10.3. The van der Waals surface area contributed by atoms with Crippen LogP contribution in [0.2, 0.25) is 0 Å². The first kappa shape index (κ1) is 23.3. The topological polar surface area (TPSA) is 79.3 Å². The maximum absolute atomic E-state index is 13.1. The Hall–Kier alpha value is -3.32. The summed E-state index contributed by atoms with van der Waals surface area (Å²) < 4.78 is 11.0. The highest BCUT2D eigenvalue weighted by atomic mass is 16.5. The van der Waals surface area contributed by atoms with Crippen molar-refractivity contribution in [2.24, 2.45) is 0 Å². The van der Waals surface area contributed by atoms with Crippen LogP contribution in [-0.2, 0) is 9.59 Å². The fraction of sp³-hybridized carbons (Fsp3) is 0.360. The SMILES string of the molecule is CCOc1cccc(C2/C(=C(/O)c3ccccc3OC)C(=O)C(=O)N2CCCN(C)C)c1. The van der Waals surface area contributed by atoms with Gasteiger partial charge in [-0.2, -0.15) is 0 Å². The van der Waals surface area contributed by atoms with Gasteiger partial charge in [0.2, 0.25) is 0 Å². The van der Waals surface area contributed by atoms with Crippen LogP contribution in [0.1, 0.15) is 30.5 Å². The smallest absolute Gasteiger partial charge is 0.295 e. The Bertz CT molecular complexity index is 1010. The molecular weight excluding hydrogens is 408 g/mol. The number of carbonyl (C=O) groups is 2. The number of Topliss-reactive ketones (excluding diaryl/α,β-unsaturated/α-hetero) is 1. The van der Waals surface area contributed by atoms with Crippen molar-refractivity contribution in [2.75, 3.05) is 40.9 Å². The molecule has 0 saturated carbocycles. The van der Waals surface area contributed by atoms with Crippen molar-refractivity contribution >= 4 is 17.4 Å². The van der Waals surface area contributed by atoms with Gasteiger partial charge in [0.25, 0.3) is 11.7 Å². The predicted molar refractivity (Wildman–Crippen MR) is 123 cm³/mol. The lowest BCUT2D eigenvalue weighted by Gasteiger charge is -2.26. The van der Waals surface area contributed by atoms with Crippen molar-refractivity contribution in [1.29, 1.82) is 0 Å². The highest BCUT2D eigenvalue weighted by molar-refractivity contribution is 6.46. The number of para-hydroxylation sites is 1. The van der Waals surface area contributed by atoms with Gasteiger partial charge in [-0.1, -0.05) is 24.3 Å². The number of hydrogen-bond acceptors (Lipinski definition) is 6. The minimum atomic E-state index is -0.720. The number of aliphatic hydroxyl groups excluding tert-OH is 1. The molecule has 170 valence electrons. The van der Waals surface area contributed by atoms with Gasteiger partial charge < -0.3 is 24.4 Å². The number of amides is 1. The number of aliphatic hydroxyl groups is 1. The molecule has 32 heavy (non-hydrogen) atoms. The number of benzene rings is 2. The zero-order chi connectivity index (χ0) is 23.3. The third-order valence-corrected chi connectivity index (χ3v) is 5.39. The Morgan fingerprint density at radius 2 is 1.88 bits per heavy atom. The van der Waals surface area contributed by atoms with Crippen LogP contribution in [0, 0.1) is 0 Å². The van der Waals surface area contributed by atoms with E-state index in [0.29, 0.717) is 42.2 Å². The molecule has 7 heteroatoms. The molecule has 1 N–H and O–H groups in total. The molecule has 0 spiro atoms. The lowest BCUT2D eigenvalue weighted by molar-refractivity contribution is -0.139. The van der Waals surface area contributed by atoms with Crippen LogP contribution in [0.25, 0.3) is 5.76 Å². The fourth-order valence-electron chi connectivity index (χ4n) is 3.94. The predicted octanol–water partition coefficient (Wildman–Crippen LogP) is 3.47. The fourth-order valence-corrected chi connectivity index (χ4v) is 3.94. The highest BCUT2D eigenvalue weighted by Gasteiger charge is 2.46. The third-order valence-electron chi connectivity index (χ3n) is 5.39. The quantitative estimate of drug-likeness (QED) is 0.367. The van der Waals surface area contributed by atoms with Crippen LogP contribution < -0.4 is 9.47 Å². The largest absolute Gasteiger partial charge is 0.507 e. The summed E-state index contributed by atoms with van der Waals surface area (Å²) in [5, 5.41) is 11.2. The Morgan fingerprint density at radius 1 is 1.12 bits per heavy atom. The van der Waals surface area contributed by atoms with Crippen LogP contribution in [0.5, 0.6) is 11.5 Å². The number of hydrogen-bond donors (Lipinski definition) is 1. The van der Waals surface area contributed by atoms with E-state index in [1.807, 2.05) is 50.2 Å². The molecule has 7 nitrogen and oxygen atoms in total. The van der Waals surface area contributed by atoms with Crippen molar-refractivity contribution < 1.29 is 24.2 Å². The average Bonchev–Trinajstić information content (AvgIpc) is 3.04. The number of ketones is 1. The van der Waals surface area contributed by atoms with Gasteiger partial charge in [0.1, 0.15) is 17.3 Å². The van der Waals surface area contributed by atoms with Crippen LogP contribution in [0.3, 0.4) is 0 Å². The number of likely N-dealkylation sites (tertiary alicyclic amines) is 1. The molecular formula is C25H30N2O5. The van der Waals surface area contributed by atoms with E-state index in [1.54, 1.807) is 24.3 Å². The molecule has 3 rings (SSSR count). The van der Waals surface area contributed by atoms with Crippen LogP contribution in [0.15, 0.2) is 54.1 Å². The molecule has 0 bridgehead atoms. The molecule has 1 atom stereocenters. The summed E-state index contributed by atoms with van der Waals surface area (Å²) in [5.74, 6) is -0.508. The number of rotatable bonds is 9. The Kier molecular flexibility index (Phi) is 7.53. The Balaban J connectivity index is 2.14. The summed E-state index contributed by atoms with van der Waals surface area (Å²) in [6, 6.07) is 13.5. The first-order chi connectivity index (χ1) is 15.4. The van der Waals surface area contributed by atoms with Crippen LogP contribution in [-0.4, -0.2) is 67.5 Å². The average molecular weight is 439 g/mol. The lowest BCUT2D eigenvalue weighted by atomic mass is 9.94. The van der Waals surface area contributed by atoms with E-state index in [9.17, 15) is 14.7 Å². The maximum Gasteiger partial charge on any atom is 0.295 e. The first-order valence-electron chi connectivity index (χ1n) is 10.7. The number of methoxy groups -OCH3 is 1. The van der Waals surface area contributed by atoms with Crippen LogP contribution >= 0.6 is 0 Å². The van der Waals surface area contributed by atoms with E-state index in [-0.39, 0.29) is 11.3 Å². The maximum atomic E-state index is 13.1. The Labute approximate surface area is 188 Å². The zero-order valence-electron chi connectivity index (χ0n) is 19.0. The molecule has 1 unspecified atom stereocenters. The van der Waals surface area contributed by atoms with Crippen molar-refractivity contribution in [2.45, 2.75) is 19.4 Å². The monoisotopic (exact) mass is 438 g/mol. The molecule has 1 fully saturated rings. The van der Waals surface area contributed by atoms with E-state index in [0.717, 1.165) is 6.54 Å². The second-order valence-electron chi connectivity index (χ2n) is 7.86. The molecule has 1 aliphatic heterocycles. The van der Waals surface area contributed by atoms with Gasteiger partial charge in [-0.3, -0.25) is 9.59 Å². The van der Waals surface area contributed by atoms with Crippen molar-refractivity contribution in [1.82, 2.24) is 9.80 Å². The van der Waals surface area contributed by atoms with E-state index < -0.39 is 17.7 Å². The number of nitrogens with zero attached hydrogens (tertiary/aromatic N) is 2. The minimum absolute atomic E-state index is 0.0537. The highest BCUT2D eigenvalue weighted by Crippen LogP contribution is 2.41. The normalized spacial score (nSPS) is 17.8. The second-order valence-corrected chi connectivity index (χ2v) is 7.86. The molecule has 2 aromatic rings. The molecule has 1 saturated heterocycles. The van der Waals surface area contributed by atoms with Gasteiger partial charge >= 0.3 is 0 Å². The van der Waals surface area contributed by atoms with Crippen LogP contribution in [0.4, 0.5) is 0 Å². The molecule has 1 aliphatic rings. The molecule has 0 aromatic heterocycles. The van der Waals surface area contributed by atoms with Gasteiger partial charge in [-0.15, -0.1) is 0 Å². The standard InChI is InChI=1S/C25H30N2O5/c1-5-32-18-11-8-10-17(16-18)22-21(23(28)19-12-6-7-13-20(19)31-4)24(29)25(30)27(22)15-9-14-26(2)3/h6-8,10-13,16,22,28H,5,9,14-15H2,1-4H3/b23-21-. The third kappa shape index (κ3) is 4.78. The van der Waals surface area contributed by atoms with Crippen molar-refractivity contribution in [3.05, 3.63) is 65.2 Å². The molecule has 1 heterocycles. The van der Waals surface area contributed by atoms with E-state index in [4.69, 9.17) is 9.47 Å². The summed E-state index contributed by atoms with van der Waals surface area (Å²) >= 11 is 0. The summed E-state index contributed by atoms with van der Waals surface area (Å²) in [7, 11) is 5.41. The zero-order valence-corrected chi connectivity index (χ0v) is 19.0. The van der Waals surface area contributed by atoms with E-state index in [1.165, 1.54) is 12.0 Å². The van der Waals surface area contributed by atoms with Gasteiger partial charge in [0, 0.05) is 6.54 Å². The first-order valence-corrected chi connectivity index (χ1v) is 10.7. The van der Waals surface area contributed by atoms with Gasteiger partial charge in [-0.05, 0) is 63.8 Å². The molecule has 1 amide bonds. The van der Waals surface area contributed by atoms with Gasteiger partial charge in [0.05, 0.1) is 30.9 Å². The number of ether oxygens (including phenoxy) is 2. The lowest BCUT2D eigenvalue weighted by Crippen LogP contribution is -2.32. The minimum Gasteiger partial charge on any atom is -0.507 e. The summed E-state index contributed by atoms with van der Waals surface area (Å²) in [6.45, 7) is 3.53. The summed E-state index contributed by atoms with van der Waals surface area (Å²) in [4.78, 5) is 29.7. The molecule has 0 radical (unpaired) electrons. The Morgan fingerprint density at radius 3 is 2.56 bits per heavy atom. The molecule has 2 aromatic carbocycles. The van der Waals surface area contributed by atoms with E-state index in [2.05, 4.69) is 0 Å². The summed E-state index contributed by atoms with van der Waals surface area (Å²) in [5.41, 5.74) is 1.13. The van der Waals surface area contributed by atoms with E-state index >= 15 is 0 Å². The van der Waals surface area contributed by atoms with Gasteiger partial charge in [-0.25, -0.2) is 0 Å². The van der Waals surface area contributed by atoms with Crippen molar-refractivity contribution in [3.8, 4) is 11.5 Å².